The van der Waals surface area contributed by atoms with Gasteiger partial charge in [-0.2, -0.15) is 0 Å². The Morgan fingerprint density at radius 2 is 2.15 bits per heavy atom. The van der Waals surface area contributed by atoms with Gasteiger partial charge < -0.3 is 5.32 Å². The number of aromatic nitrogens is 5. The molecule has 2 heterocycles. The van der Waals surface area contributed by atoms with Crippen molar-refractivity contribution in [1.29, 1.82) is 0 Å². The van der Waals surface area contributed by atoms with Crippen molar-refractivity contribution >= 4 is 5.91 Å². The Morgan fingerprint density at radius 1 is 1.31 bits per heavy atom. The molecule has 0 fully saturated rings. The summed E-state index contributed by atoms with van der Waals surface area (Å²) in [4.78, 5) is 21.2. The molecule has 1 N–H and O–H groups in total. The maximum absolute atomic E-state index is 12.5. The van der Waals surface area contributed by atoms with Crippen molar-refractivity contribution in [3.8, 4) is 0 Å². The van der Waals surface area contributed by atoms with Crippen LogP contribution in [0.3, 0.4) is 0 Å². The van der Waals surface area contributed by atoms with Crippen LogP contribution in [0.4, 0.5) is 0 Å². The van der Waals surface area contributed by atoms with Gasteiger partial charge in [-0.15, -0.1) is 5.10 Å². The molecular weight excluding hydrogens is 328 g/mol. The van der Waals surface area contributed by atoms with E-state index in [1.165, 1.54) is 0 Å². The Kier molecular flexibility index (Phi) is 4.43. The topological polar surface area (TPSA) is 85.6 Å². The van der Waals surface area contributed by atoms with E-state index in [2.05, 4.69) is 25.6 Å². The van der Waals surface area contributed by atoms with E-state index < -0.39 is 0 Å². The molecule has 1 amide bonds. The fourth-order valence-corrected chi connectivity index (χ4v) is 3.24. The number of fused-ring (bicyclic) bond motifs is 1. The van der Waals surface area contributed by atoms with Crippen molar-refractivity contribution in [2.45, 2.75) is 38.8 Å². The van der Waals surface area contributed by atoms with Gasteiger partial charge in [-0.1, -0.05) is 35.5 Å². The lowest BCUT2D eigenvalue weighted by molar-refractivity contribution is 0.0928. The highest BCUT2D eigenvalue weighted by atomic mass is 16.2. The number of hydrogen-bond donors (Lipinski definition) is 1. The van der Waals surface area contributed by atoms with Gasteiger partial charge in [0.15, 0.2) is 5.69 Å². The monoisotopic (exact) mass is 348 g/mol. The van der Waals surface area contributed by atoms with Crippen LogP contribution in [0.5, 0.6) is 0 Å². The molecule has 2 aromatic heterocycles. The van der Waals surface area contributed by atoms with Crippen LogP contribution >= 0.6 is 0 Å². The summed E-state index contributed by atoms with van der Waals surface area (Å²) in [5.74, 6) is 0.604. The van der Waals surface area contributed by atoms with Crippen LogP contribution in [-0.2, 0) is 19.4 Å². The summed E-state index contributed by atoms with van der Waals surface area (Å²) >= 11 is 0. The lowest BCUT2D eigenvalue weighted by Crippen LogP contribution is -2.39. The fraction of sp³-hybridized carbons (Fsp3) is 0.316. The lowest BCUT2D eigenvalue weighted by atomic mass is 9.92. The van der Waals surface area contributed by atoms with E-state index in [1.807, 2.05) is 43.5 Å². The summed E-state index contributed by atoms with van der Waals surface area (Å²) < 4.78 is 1.68. The Balaban J connectivity index is 1.39. The first-order valence-corrected chi connectivity index (χ1v) is 8.74. The van der Waals surface area contributed by atoms with Crippen LogP contribution in [0.25, 0.3) is 0 Å². The predicted octanol–water partition coefficient (Wildman–Crippen LogP) is 1.71. The third-order valence-electron chi connectivity index (χ3n) is 4.56. The minimum absolute atomic E-state index is 0.0700. The van der Waals surface area contributed by atoms with Gasteiger partial charge in [0.25, 0.3) is 5.91 Å². The molecule has 0 radical (unpaired) electrons. The largest absolute Gasteiger partial charge is 0.348 e. The predicted molar refractivity (Wildman–Crippen MR) is 95.6 cm³/mol. The highest BCUT2D eigenvalue weighted by Gasteiger charge is 2.23. The van der Waals surface area contributed by atoms with Crippen molar-refractivity contribution in [1.82, 2.24) is 30.3 Å². The summed E-state index contributed by atoms with van der Waals surface area (Å²) in [5, 5.41) is 11.1. The van der Waals surface area contributed by atoms with E-state index in [0.29, 0.717) is 12.2 Å². The lowest BCUT2D eigenvalue weighted by Gasteiger charge is -2.24. The molecular formula is C19H20N6O. The number of benzene rings is 1. The molecule has 7 heteroatoms. The number of nitrogens with one attached hydrogen (secondary N) is 1. The van der Waals surface area contributed by atoms with E-state index in [0.717, 1.165) is 41.9 Å². The third-order valence-corrected chi connectivity index (χ3v) is 4.56. The van der Waals surface area contributed by atoms with Gasteiger partial charge in [0, 0.05) is 17.9 Å². The summed E-state index contributed by atoms with van der Waals surface area (Å²) in [6, 6.07) is 10.0. The second-order valence-electron chi connectivity index (χ2n) is 6.59. The van der Waals surface area contributed by atoms with Gasteiger partial charge in [-0.3, -0.25) is 4.79 Å². The zero-order valence-electron chi connectivity index (χ0n) is 14.6. The molecule has 26 heavy (non-hydrogen) atoms. The van der Waals surface area contributed by atoms with E-state index in [9.17, 15) is 4.79 Å². The molecule has 1 aromatic carbocycles. The summed E-state index contributed by atoms with van der Waals surface area (Å²) in [7, 11) is 0. The Hall–Kier alpha value is -3.09. The molecule has 0 saturated heterocycles. The van der Waals surface area contributed by atoms with Crippen molar-refractivity contribution in [3.63, 3.8) is 0 Å². The SMILES string of the molecule is Cc1ncc2c(n1)CC[C@H](NC(=O)c1cn(Cc3ccccc3)nn1)C2. The highest BCUT2D eigenvalue weighted by molar-refractivity contribution is 5.92. The average molecular weight is 348 g/mol. The molecule has 4 rings (SSSR count). The number of rotatable bonds is 4. The zero-order chi connectivity index (χ0) is 17.9. The first kappa shape index (κ1) is 16.4. The first-order chi connectivity index (χ1) is 12.7. The summed E-state index contributed by atoms with van der Waals surface area (Å²) in [6.07, 6.45) is 6.02. The second kappa shape index (κ2) is 7.03. The second-order valence-corrected chi connectivity index (χ2v) is 6.59. The van der Waals surface area contributed by atoms with E-state index in [1.54, 1.807) is 10.9 Å². The molecule has 0 unspecified atom stereocenters. The molecule has 7 nitrogen and oxygen atoms in total. The minimum Gasteiger partial charge on any atom is -0.348 e. The van der Waals surface area contributed by atoms with Crippen LogP contribution in [0.15, 0.2) is 42.7 Å². The van der Waals surface area contributed by atoms with Crippen molar-refractivity contribution in [2.75, 3.05) is 0 Å². The molecule has 1 aliphatic carbocycles. The molecule has 0 saturated carbocycles. The molecule has 1 atom stereocenters. The number of hydrogen-bond acceptors (Lipinski definition) is 5. The quantitative estimate of drug-likeness (QED) is 0.776. The van der Waals surface area contributed by atoms with Crippen molar-refractivity contribution in [2.24, 2.45) is 0 Å². The standard InChI is InChI=1S/C19H20N6O/c1-13-20-10-15-9-16(7-8-17(15)21-13)22-19(26)18-12-25(24-23-18)11-14-5-3-2-4-6-14/h2-6,10,12,16H,7-9,11H2,1H3,(H,22,26)/t16-/m0/s1. The molecule has 132 valence electrons. The van der Waals surface area contributed by atoms with Gasteiger partial charge in [-0.05, 0) is 37.3 Å². The number of carbonyl (C=O) groups excluding carboxylic acids is 1. The Bertz CT molecular complexity index is 921. The number of aryl methyl sites for hydroxylation is 2. The van der Waals surface area contributed by atoms with Crippen molar-refractivity contribution < 1.29 is 4.79 Å². The molecule has 0 aliphatic heterocycles. The number of carbonyl (C=O) groups is 1. The Labute approximate surface area is 151 Å². The van der Waals surface area contributed by atoms with Crippen molar-refractivity contribution in [3.05, 3.63) is 71.1 Å². The molecule has 0 bridgehead atoms. The highest BCUT2D eigenvalue weighted by Crippen LogP contribution is 2.19. The molecule has 3 aromatic rings. The smallest absolute Gasteiger partial charge is 0.273 e. The van der Waals surface area contributed by atoms with Crippen LogP contribution < -0.4 is 5.32 Å². The zero-order valence-corrected chi connectivity index (χ0v) is 14.6. The normalized spacial score (nSPS) is 16.1. The third kappa shape index (κ3) is 3.61. The minimum atomic E-state index is -0.189. The maximum atomic E-state index is 12.5. The van der Waals surface area contributed by atoms with E-state index in [4.69, 9.17) is 0 Å². The summed E-state index contributed by atoms with van der Waals surface area (Å²) in [6.45, 7) is 2.49. The van der Waals surface area contributed by atoms with Crippen LogP contribution in [0.2, 0.25) is 0 Å². The van der Waals surface area contributed by atoms with Crippen LogP contribution in [-0.4, -0.2) is 36.9 Å². The van der Waals surface area contributed by atoms with Gasteiger partial charge in [0.1, 0.15) is 5.82 Å². The fourth-order valence-electron chi connectivity index (χ4n) is 3.24. The maximum Gasteiger partial charge on any atom is 0.273 e. The average Bonchev–Trinajstić information content (AvgIpc) is 3.11. The Morgan fingerprint density at radius 3 is 3.00 bits per heavy atom. The number of amides is 1. The molecule has 1 aliphatic rings. The van der Waals surface area contributed by atoms with E-state index >= 15 is 0 Å². The van der Waals surface area contributed by atoms with Crippen LogP contribution in [0.1, 0.15) is 39.6 Å². The molecule has 0 spiro atoms. The van der Waals surface area contributed by atoms with Gasteiger partial charge >= 0.3 is 0 Å². The van der Waals surface area contributed by atoms with Gasteiger partial charge in [0.05, 0.1) is 12.7 Å². The number of nitrogens with zero attached hydrogens (tertiary/aromatic N) is 5. The van der Waals surface area contributed by atoms with Gasteiger partial charge in [-0.25, -0.2) is 14.6 Å². The van der Waals surface area contributed by atoms with Gasteiger partial charge in [0.2, 0.25) is 0 Å². The van der Waals surface area contributed by atoms with Crippen LogP contribution in [0, 0.1) is 6.92 Å². The van der Waals surface area contributed by atoms with E-state index in [-0.39, 0.29) is 11.9 Å². The first-order valence-electron chi connectivity index (χ1n) is 8.74. The summed E-state index contributed by atoms with van der Waals surface area (Å²) in [5.41, 5.74) is 3.66.